The van der Waals surface area contributed by atoms with Gasteiger partial charge in [0.25, 0.3) is 0 Å². The number of rotatable bonds is 6. The lowest BCUT2D eigenvalue weighted by molar-refractivity contribution is -0.154. The Bertz CT molecular complexity index is 924. The summed E-state index contributed by atoms with van der Waals surface area (Å²) in [5.74, 6) is -0.931. The molecular formula is C24H25NO4. The third kappa shape index (κ3) is 3.14. The highest BCUT2D eigenvalue weighted by Gasteiger charge is 2.81. The first-order chi connectivity index (χ1) is 14.0. The van der Waals surface area contributed by atoms with Crippen molar-refractivity contribution in [3.8, 4) is 0 Å². The van der Waals surface area contributed by atoms with Crippen molar-refractivity contribution < 1.29 is 19.1 Å². The first-order valence-electron chi connectivity index (χ1n) is 10.2. The summed E-state index contributed by atoms with van der Waals surface area (Å²) < 4.78 is 11.1. The minimum atomic E-state index is -1.09. The van der Waals surface area contributed by atoms with Gasteiger partial charge in [-0.3, -0.25) is 9.59 Å². The third-order valence-corrected chi connectivity index (χ3v) is 6.95. The Balaban J connectivity index is 1.26. The van der Waals surface area contributed by atoms with Gasteiger partial charge in [-0.05, 0) is 41.7 Å². The summed E-state index contributed by atoms with van der Waals surface area (Å²) in [7, 11) is 0. The molecule has 5 rings (SSSR count). The van der Waals surface area contributed by atoms with E-state index in [2.05, 4.69) is 0 Å². The summed E-state index contributed by atoms with van der Waals surface area (Å²) >= 11 is 0. The molecule has 5 heteroatoms. The summed E-state index contributed by atoms with van der Waals surface area (Å²) in [6, 6.07) is 19.2. The summed E-state index contributed by atoms with van der Waals surface area (Å²) in [5, 5.41) is 0. The van der Waals surface area contributed by atoms with Crippen LogP contribution in [0, 0.1) is 23.2 Å². The van der Waals surface area contributed by atoms with E-state index in [1.165, 1.54) is 0 Å². The number of hydrogen-bond acceptors (Lipinski definition) is 5. The highest BCUT2D eigenvalue weighted by molar-refractivity contribution is 5.87. The van der Waals surface area contributed by atoms with Crippen LogP contribution in [-0.4, -0.2) is 17.5 Å². The number of carbonyl (C=O) groups is 2. The molecule has 0 bridgehead atoms. The van der Waals surface area contributed by atoms with Crippen molar-refractivity contribution in [3.05, 3.63) is 71.8 Å². The van der Waals surface area contributed by atoms with E-state index in [9.17, 15) is 9.59 Å². The van der Waals surface area contributed by atoms with Gasteiger partial charge in [0.1, 0.15) is 18.8 Å². The second kappa shape index (κ2) is 6.70. The first-order valence-corrected chi connectivity index (χ1v) is 10.2. The van der Waals surface area contributed by atoms with Crippen LogP contribution in [0.3, 0.4) is 0 Å². The summed E-state index contributed by atoms with van der Waals surface area (Å²) in [4.78, 5) is 25.7. The van der Waals surface area contributed by atoms with Crippen LogP contribution >= 0.6 is 0 Å². The van der Waals surface area contributed by atoms with E-state index >= 15 is 0 Å². The Kier molecular flexibility index (Phi) is 4.24. The Labute approximate surface area is 170 Å². The van der Waals surface area contributed by atoms with Crippen LogP contribution < -0.4 is 5.73 Å². The largest absolute Gasteiger partial charge is 0.461 e. The van der Waals surface area contributed by atoms with Crippen LogP contribution in [0.1, 0.15) is 30.4 Å². The number of benzene rings is 2. The molecule has 3 fully saturated rings. The Morgan fingerprint density at radius 2 is 1.41 bits per heavy atom. The maximum Gasteiger partial charge on any atom is 0.326 e. The highest BCUT2D eigenvalue weighted by atomic mass is 16.5. The van der Waals surface area contributed by atoms with Crippen LogP contribution in [0.5, 0.6) is 0 Å². The molecule has 2 N–H and O–H groups in total. The van der Waals surface area contributed by atoms with Crippen molar-refractivity contribution >= 4 is 11.9 Å². The molecule has 150 valence electrons. The lowest BCUT2D eigenvalue weighted by Gasteiger charge is -2.27. The molecule has 0 radical (unpaired) electrons. The second-order valence-electron chi connectivity index (χ2n) is 8.81. The molecule has 29 heavy (non-hydrogen) atoms. The fourth-order valence-electron chi connectivity index (χ4n) is 5.39. The number of fused-ring (bicyclic) bond motifs is 2. The quantitative estimate of drug-likeness (QED) is 0.765. The van der Waals surface area contributed by atoms with Gasteiger partial charge in [-0.2, -0.15) is 0 Å². The van der Waals surface area contributed by atoms with Crippen molar-refractivity contribution in [2.75, 3.05) is 0 Å². The summed E-state index contributed by atoms with van der Waals surface area (Å²) in [6.07, 6.45) is 2.68. The Hall–Kier alpha value is -2.66. The molecular weight excluding hydrogens is 366 g/mol. The van der Waals surface area contributed by atoms with Crippen LogP contribution in [0.4, 0.5) is 0 Å². The molecule has 0 aromatic heterocycles. The molecule has 0 aliphatic heterocycles. The predicted octanol–water partition coefficient (Wildman–Crippen LogP) is 3.22. The first kappa shape index (κ1) is 18.4. The molecule has 0 amide bonds. The lowest BCUT2D eigenvalue weighted by atomic mass is 9.86. The zero-order valence-electron chi connectivity index (χ0n) is 16.3. The van der Waals surface area contributed by atoms with Crippen LogP contribution in [0.2, 0.25) is 0 Å². The summed E-state index contributed by atoms with van der Waals surface area (Å²) in [6.45, 7) is 0.449. The van der Waals surface area contributed by atoms with Crippen LogP contribution in [0.25, 0.3) is 0 Å². The average molecular weight is 391 g/mol. The molecule has 3 aliphatic rings. The van der Waals surface area contributed by atoms with E-state index in [1.54, 1.807) is 0 Å². The van der Waals surface area contributed by atoms with E-state index in [0.29, 0.717) is 6.42 Å². The van der Waals surface area contributed by atoms with Gasteiger partial charge in [0, 0.05) is 5.92 Å². The van der Waals surface area contributed by atoms with Crippen molar-refractivity contribution in [1.82, 2.24) is 0 Å². The molecule has 3 saturated carbocycles. The fourth-order valence-corrected chi connectivity index (χ4v) is 5.39. The SMILES string of the molecule is N[C@@]1(C(=O)OCc2ccccc2)CC2(CC2)[C@@H]2C1[C@H]2C(=O)OCc1ccccc1. The van der Waals surface area contributed by atoms with Gasteiger partial charge in [-0.25, -0.2) is 0 Å². The van der Waals surface area contributed by atoms with Crippen molar-refractivity contribution in [3.63, 3.8) is 0 Å². The zero-order chi connectivity index (χ0) is 20.1. The fraction of sp³-hybridized carbons (Fsp3) is 0.417. The number of esters is 2. The van der Waals surface area contributed by atoms with E-state index in [1.807, 2.05) is 60.7 Å². The highest BCUT2D eigenvalue weighted by Crippen LogP contribution is 2.78. The topological polar surface area (TPSA) is 78.6 Å². The lowest BCUT2D eigenvalue weighted by Crippen LogP contribution is -2.51. The van der Waals surface area contributed by atoms with E-state index in [-0.39, 0.29) is 42.4 Å². The van der Waals surface area contributed by atoms with E-state index < -0.39 is 11.5 Å². The van der Waals surface area contributed by atoms with Crippen LogP contribution in [-0.2, 0) is 32.3 Å². The number of carbonyl (C=O) groups excluding carboxylic acids is 2. The van der Waals surface area contributed by atoms with Gasteiger partial charge in [-0.1, -0.05) is 60.7 Å². The predicted molar refractivity (Wildman–Crippen MR) is 106 cm³/mol. The van der Waals surface area contributed by atoms with Gasteiger partial charge < -0.3 is 15.2 Å². The molecule has 4 atom stereocenters. The monoisotopic (exact) mass is 391 g/mol. The van der Waals surface area contributed by atoms with Crippen molar-refractivity contribution in [2.45, 2.75) is 38.0 Å². The smallest absolute Gasteiger partial charge is 0.326 e. The van der Waals surface area contributed by atoms with Crippen molar-refractivity contribution in [2.24, 2.45) is 28.9 Å². The molecule has 0 heterocycles. The normalized spacial score (nSPS) is 30.4. The number of nitrogens with two attached hydrogens (primary N) is 1. The third-order valence-electron chi connectivity index (χ3n) is 6.95. The van der Waals surface area contributed by atoms with Gasteiger partial charge in [0.05, 0.1) is 5.92 Å². The summed E-state index contributed by atoms with van der Waals surface area (Å²) in [5.41, 5.74) is 7.44. The Morgan fingerprint density at radius 1 is 0.862 bits per heavy atom. The average Bonchev–Trinajstić information content (AvgIpc) is 3.65. The van der Waals surface area contributed by atoms with Gasteiger partial charge in [0.2, 0.25) is 0 Å². The minimum absolute atomic E-state index is 0.0294. The maximum atomic E-state index is 12.9. The van der Waals surface area contributed by atoms with Crippen LogP contribution in [0.15, 0.2) is 60.7 Å². The molecule has 2 aromatic rings. The van der Waals surface area contributed by atoms with Gasteiger partial charge in [0.15, 0.2) is 0 Å². The zero-order valence-corrected chi connectivity index (χ0v) is 16.3. The molecule has 5 nitrogen and oxygen atoms in total. The number of ether oxygens (including phenoxy) is 2. The van der Waals surface area contributed by atoms with E-state index in [4.69, 9.17) is 15.2 Å². The Morgan fingerprint density at radius 3 is 1.97 bits per heavy atom. The number of hydrogen-bond donors (Lipinski definition) is 1. The standard InChI is InChI=1S/C24H25NO4/c25-24(22(27)29-14-17-9-5-2-6-10-17)15-23(11-12-23)19-18(20(19)24)21(26)28-13-16-7-3-1-4-8-16/h1-10,18-20H,11-15,25H2/t18-,19-,20?,24-/m0/s1. The minimum Gasteiger partial charge on any atom is -0.461 e. The van der Waals surface area contributed by atoms with Gasteiger partial charge >= 0.3 is 11.9 Å². The molecule has 1 spiro atoms. The molecule has 2 aromatic carbocycles. The van der Waals surface area contributed by atoms with Crippen molar-refractivity contribution in [1.29, 1.82) is 0 Å². The molecule has 1 unspecified atom stereocenters. The second-order valence-corrected chi connectivity index (χ2v) is 8.81. The van der Waals surface area contributed by atoms with E-state index in [0.717, 1.165) is 24.0 Å². The molecule has 3 aliphatic carbocycles. The van der Waals surface area contributed by atoms with Gasteiger partial charge in [-0.15, -0.1) is 0 Å². The maximum absolute atomic E-state index is 12.9. The molecule has 0 saturated heterocycles.